The lowest BCUT2D eigenvalue weighted by Gasteiger charge is -2.29. The summed E-state index contributed by atoms with van der Waals surface area (Å²) >= 11 is 0. The number of rotatable bonds is 16. The van der Waals surface area contributed by atoms with Gasteiger partial charge in [0.15, 0.2) is 21.9 Å². The maximum Gasteiger partial charge on any atom is 0.185 e. The number of aliphatic hydroxyl groups is 1. The highest BCUT2D eigenvalue weighted by Crippen LogP contribution is 2.33. The summed E-state index contributed by atoms with van der Waals surface area (Å²) in [6.07, 6.45) is 9.15. The van der Waals surface area contributed by atoms with Gasteiger partial charge in [-0.3, -0.25) is 0 Å². The third-order valence-electron chi connectivity index (χ3n) is 8.03. The van der Waals surface area contributed by atoms with E-state index in [-0.39, 0.29) is 17.6 Å². The second-order valence-electron chi connectivity index (χ2n) is 11.6. The Morgan fingerprint density at radius 2 is 1.85 bits per heavy atom. The molecule has 8 heteroatoms. The molecule has 0 amide bonds. The van der Waals surface area contributed by atoms with Crippen molar-refractivity contribution in [1.29, 1.82) is 0 Å². The zero-order valence-electron chi connectivity index (χ0n) is 25.3. The minimum atomic E-state index is -3.75. The number of aliphatic hydroxyl groups excluding tert-OH is 1. The number of ether oxygens (including phenoxy) is 4. The van der Waals surface area contributed by atoms with Crippen molar-refractivity contribution in [3.63, 3.8) is 0 Å². The van der Waals surface area contributed by atoms with Gasteiger partial charge in [0, 0.05) is 18.9 Å². The predicted octanol–water partition coefficient (Wildman–Crippen LogP) is 6.53. The molecule has 2 aliphatic rings. The minimum absolute atomic E-state index is 0.133. The van der Waals surface area contributed by atoms with E-state index in [1.165, 1.54) is 0 Å². The molecule has 1 aromatic carbocycles. The van der Waals surface area contributed by atoms with Gasteiger partial charge in [-0.15, -0.1) is 0 Å². The van der Waals surface area contributed by atoms with Gasteiger partial charge in [0.2, 0.25) is 0 Å². The second-order valence-corrected chi connectivity index (χ2v) is 13.7. The summed E-state index contributed by atoms with van der Waals surface area (Å²) in [7, 11) is -3.75. The summed E-state index contributed by atoms with van der Waals surface area (Å²) < 4.78 is 50.9. The number of hydrogen-bond donors (Lipinski definition) is 1. The first-order valence-corrected chi connectivity index (χ1v) is 16.5. The zero-order chi connectivity index (χ0) is 29.9. The first-order chi connectivity index (χ1) is 19.5. The summed E-state index contributed by atoms with van der Waals surface area (Å²) in [4.78, 5) is 0.268. The minimum Gasteiger partial charge on any atom is -0.389 e. The van der Waals surface area contributed by atoms with Gasteiger partial charge in [0.25, 0.3) is 0 Å². The fourth-order valence-electron chi connectivity index (χ4n) is 5.40. The van der Waals surface area contributed by atoms with Gasteiger partial charge < -0.3 is 24.1 Å². The zero-order valence-corrected chi connectivity index (χ0v) is 26.2. The maximum absolute atomic E-state index is 14.0. The molecule has 2 aliphatic heterocycles. The summed E-state index contributed by atoms with van der Waals surface area (Å²) in [5, 5.41) is 10.3. The smallest absolute Gasteiger partial charge is 0.185 e. The third-order valence-corrected chi connectivity index (χ3v) is 10.1. The highest BCUT2D eigenvalue weighted by atomic mass is 32.2. The fraction of sp³-hybridized carbons (Fsp3) is 0.636. The van der Waals surface area contributed by atoms with Gasteiger partial charge in [0.1, 0.15) is 0 Å². The van der Waals surface area contributed by atoms with Crippen LogP contribution in [0.4, 0.5) is 0 Å². The van der Waals surface area contributed by atoms with E-state index >= 15 is 0 Å². The Hall–Kier alpha value is -1.81. The SMILES string of the molecule is C=C(C)C(CC(O)/C(C)=C/CCC1(C)OCCO1)C(/C=C(\C)CCCOC1CCCCO1)S(=O)(=O)c1ccccc1. The van der Waals surface area contributed by atoms with Crippen LogP contribution in [0, 0.1) is 5.92 Å². The molecular formula is C33H50O7S. The van der Waals surface area contributed by atoms with Crippen molar-refractivity contribution in [2.75, 3.05) is 26.4 Å². The van der Waals surface area contributed by atoms with Gasteiger partial charge >= 0.3 is 0 Å². The van der Waals surface area contributed by atoms with Crippen LogP contribution in [-0.2, 0) is 28.8 Å². The van der Waals surface area contributed by atoms with Crippen LogP contribution in [-0.4, -0.2) is 63.4 Å². The lowest BCUT2D eigenvalue weighted by atomic mass is 9.88. The molecule has 0 spiro atoms. The van der Waals surface area contributed by atoms with Crippen LogP contribution in [0.1, 0.15) is 79.1 Å². The van der Waals surface area contributed by atoms with E-state index in [0.29, 0.717) is 39.1 Å². The van der Waals surface area contributed by atoms with Gasteiger partial charge in [-0.2, -0.15) is 0 Å². The molecular weight excluding hydrogens is 540 g/mol. The summed E-state index contributed by atoms with van der Waals surface area (Å²) in [5.74, 6) is -1.06. The average molecular weight is 591 g/mol. The van der Waals surface area contributed by atoms with Gasteiger partial charge in [-0.05, 0) is 90.3 Å². The second kappa shape index (κ2) is 16.1. The first kappa shape index (κ1) is 33.7. The Bertz CT molecular complexity index is 1110. The van der Waals surface area contributed by atoms with Crippen LogP contribution in [0.5, 0.6) is 0 Å². The molecule has 0 radical (unpaired) electrons. The normalized spacial score (nSPS) is 22.3. The lowest BCUT2D eigenvalue weighted by Crippen LogP contribution is -2.32. The molecule has 2 heterocycles. The molecule has 2 fully saturated rings. The molecule has 0 aromatic heterocycles. The molecule has 1 aromatic rings. The Morgan fingerprint density at radius 1 is 1.15 bits per heavy atom. The van der Waals surface area contributed by atoms with Crippen LogP contribution in [0.2, 0.25) is 0 Å². The van der Waals surface area contributed by atoms with E-state index in [4.69, 9.17) is 18.9 Å². The van der Waals surface area contributed by atoms with E-state index in [1.54, 1.807) is 30.3 Å². The number of hydrogen-bond acceptors (Lipinski definition) is 7. The van der Waals surface area contributed by atoms with E-state index in [1.807, 2.05) is 39.8 Å². The average Bonchev–Trinajstić information content (AvgIpc) is 3.39. The first-order valence-electron chi connectivity index (χ1n) is 15.0. The Kier molecular flexibility index (Phi) is 13.3. The third kappa shape index (κ3) is 10.4. The highest BCUT2D eigenvalue weighted by molar-refractivity contribution is 7.92. The summed E-state index contributed by atoms with van der Waals surface area (Å²) in [6, 6.07) is 8.55. The standard InChI is InChI=1S/C33H50O7S/c1-25(2)29(24-30(34)27(4)14-11-18-33(5)39-21-22-40-33)31(41(35,36)28-15-7-6-8-16-28)23-26(3)13-12-20-38-32-17-9-10-19-37-32/h6-8,14-16,23,29-32,34H,1,9-13,17-22,24H2,2-5H3/b26-23+,27-14+. The molecule has 230 valence electrons. The van der Waals surface area contributed by atoms with Crippen molar-refractivity contribution < 1.29 is 32.5 Å². The monoisotopic (exact) mass is 590 g/mol. The number of sulfone groups is 1. The van der Waals surface area contributed by atoms with E-state index < -0.39 is 32.9 Å². The van der Waals surface area contributed by atoms with Gasteiger partial charge in [0.05, 0.1) is 36.1 Å². The highest BCUT2D eigenvalue weighted by Gasteiger charge is 2.35. The molecule has 4 unspecified atom stereocenters. The summed E-state index contributed by atoms with van der Waals surface area (Å²) in [5.41, 5.74) is 2.50. The van der Waals surface area contributed by atoms with Crippen molar-refractivity contribution in [2.24, 2.45) is 5.92 Å². The van der Waals surface area contributed by atoms with E-state index in [9.17, 15) is 13.5 Å². The van der Waals surface area contributed by atoms with Crippen LogP contribution < -0.4 is 0 Å². The number of allylic oxidation sites excluding steroid dienone is 3. The fourth-order valence-corrected chi connectivity index (χ4v) is 7.44. The number of benzene rings is 1. The molecule has 0 aliphatic carbocycles. The van der Waals surface area contributed by atoms with Crippen molar-refractivity contribution in [2.45, 2.75) is 107 Å². The Labute approximate surface area is 247 Å². The molecule has 2 saturated heterocycles. The van der Waals surface area contributed by atoms with Gasteiger partial charge in [-0.25, -0.2) is 8.42 Å². The predicted molar refractivity (Wildman–Crippen MR) is 162 cm³/mol. The Balaban J connectivity index is 1.74. The molecule has 4 atom stereocenters. The van der Waals surface area contributed by atoms with Gasteiger partial charge in [-0.1, -0.05) is 48.1 Å². The molecule has 1 N–H and O–H groups in total. The van der Waals surface area contributed by atoms with Crippen LogP contribution >= 0.6 is 0 Å². The van der Waals surface area contributed by atoms with Crippen molar-refractivity contribution in [1.82, 2.24) is 0 Å². The van der Waals surface area contributed by atoms with Crippen LogP contribution in [0.3, 0.4) is 0 Å². The Morgan fingerprint density at radius 3 is 2.49 bits per heavy atom. The summed E-state index contributed by atoms with van der Waals surface area (Å²) in [6.45, 7) is 14.3. The molecule has 3 rings (SSSR count). The molecule has 0 saturated carbocycles. The van der Waals surface area contributed by atoms with Crippen molar-refractivity contribution in [3.05, 3.63) is 65.8 Å². The van der Waals surface area contributed by atoms with Crippen LogP contribution in [0.25, 0.3) is 0 Å². The van der Waals surface area contributed by atoms with E-state index in [2.05, 4.69) is 6.58 Å². The lowest BCUT2D eigenvalue weighted by molar-refractivity contribution is -0.162. The largest absolute Gasteiger partial charge is 0.389 e. The topological polar surface area (TPSA) is 91.3 Å². The quantitative estimate of drug-likeness (QED) is 0.173. The van der Waals surface area contributed by atoms with E-state index in [0.717, 1.165) is 49.0 Å². The van der Waals surface area contributed by atoms with Crippen molar-refractivity contribution in [3.8, 4) is 0 Å². The maximum atomic E-state index is 14.0. The van der Waals surface area contributed by atoms with Crippen LogP contribution in [0.15, 0.2) is 70.7 Å². The molecule has 0 bridgehead atoms. The molecule has 41 heavy (non-hydrogen) atoms. The van der Waals surface area contributed by atoms with Crippen molar-refractivity contribution >= 4 is 9.84 Å². The molecule has 7 nitrogen and oxygen atoms in total.